The second-order valence-electron chi connectivity index (χ2n) is 6.12. The fourth-order valence-electron chi connectivity index (χ4n) is 3.18. The zero-order chi connectivity index (χ0) is 19.1. The summed E-state index contributed by atoms with van der Waals surface area (Å²) in [6, 6.07) is 25.5. The van der Waals surface area contributed by atoms with E-state index in [4.69, 9.17) is 9.47 Å². The molecule has 3 aromatic carbocycles. The lowest BCUT2D eigenvalue weighted by molar-refractivity contribution is -0.105. The molecule has 3 rings (SSSR count). The van der Waals surface area contributed by atoms with Crippen molar-refractivity contribution < 1.29 is 14.3 Å². The van der Waals surface area contributed by atoms with Crippen LogP contribution in [0.4, 0.5) is 0 Å². The van der Waals surface area contributed by atoms with Gasteiger partial charge in [-0.25, -0.2) is 0 Å². The molecule has 27 heavy (non-hydrogen) atoms. The van der Waals surface area contributed by atoms with Gasteiger partial charge in [-0.3, -0.25) is 4.79 Å². The van der Waals surface area contributed by atoms with Crippen molar-refractivity contribution in [1.29, 1.82) is 0 Å². The molecule has 136 valence electrons. The van der Waals surface area contributed by atoms with Crippen molar-refractivity contribution in [3.8, 4) is 11.5 Å². The van der Waals surface area contributed by atoms with E-state index in [2.05, 4.69) is 0 Å². The van der Waals surface area contributed by atoms with Gasteiger partial charge >= 0.3 is 0 Å². The monoisotopic (exact) mass is 358 g/mol. The molecule has 1 unspecified atom stereocenters. The Kier molecular flexibility index (Phi) is 6.06. The predicted molar refractivity (Wildman–Crippen MR) is 108 cm³/mol. The van der Waals surface area contributed by atoms with Crippen LogP contribution in [0.1, 0.15) is 22.6 Å². The van der Waals surface area contributed by atoms with Crippen molar-refractivity contribution in [2.45, 2.75) is 5.92 Å². The van der Waals surface area contributed by atoms with Crippen molar-refractivity contribution >= 4 is 12.4 Å². The SMILES string of the molecule is COc1ccc(C(/C(C=O)=C/c2ccccc2)c2ccccc2)c(OC)c1. The molecule has 1 atom stereocenters. The second kappa shape index (κ2) is 8.86. The molecule has 0 aliphatic rings. The molecule has 0 spiro atoms. The van der Waals surface area contributed by atoms with Gasteiger partial charge in [-0.15, -0.1) is 0 Å². The van der Waals surface area contributed by atoms with E-state index in [1.807, 2.05) is 84.9 Å². The number of hydrogen-bond acceptors (Lipinski definition) is 3. The second-order valence-corrected chi connectivity index (χ2v) is 6.12. The van der Waals surface area contributed by atoms with Crippen molar-refractivity contribution in [2.24, 2.45) is 0 Å². The zero-order valence-corrected chi connectivity index (χ0v) is 15.5. The third kappa shape index (κ3) is 4.26. The van der Waals surface area contributed by atoms with Crippen molar-refractivity contribution in [1.82, 2.24) is 0 Å². The number of ether oxygens (including phenoxy) is 2. The quantitative estimate of drug-likeness (QED) is 0.434. The maximum Gasteiger partial charge on any atom is 0.147 e. The number of hydrogen-bond donors (Lipinski definition) is 0. The molecule has 3 nitrogen and oxygen atoms in total. The van der Waals surface area contributed by atoms with Crippen LogP contribution in [0.15, 0.2) is 84.4 Å². The van der Waals surface area contributed by atoms with Gasteiger partial charge in [-0.05, 0) is 23.3 Å². The summed E-state index contributed by atoms with van der Waals surface area (Å²) in [5.41, 5.74) is 3.58. The minimum atomic E-state index is -0.246. The van der Waals surface area contributed by atoms with Crippen molar-refractivity contribution in [2.75, 3.05) is 14.2 Å². The molecule has 0 radical (unpaired) electrons. The maximum absolute atomic E-state index is 12.1. The van der Waals surface area contributed by atoms with E-state index in [9.17, 15) is 4.79 Å². The summed E-state index contributed by atoms with van der Waals surface area (Å²) in [6.07, 6.45) is 2.85. The number of allylic oxidation sites excluding steroid dienone is 1. The standard InChI is InChI=1S/C24H22O3/c1-26-21-13-14-22(23(16-21)27-2)24(19-11-7-4-8-12-19)20(17-25)15-18-9-5-3-6-10-18/h3-17,24H,1-2H3/b20-15+. The van der Waals surface area contributed by atoms with E-state index in [1.165, 1.54) is 0 Å². The first-order valence-electron chi connectivity index (χ1n) is 8.75. The largest absolute Gasteiger partial charge is 0.497 e. The van der Waals surface area contributed by atoms with Crippen molar-refractivity contribution in [3.05, 3.63) is 101 Å². The highest BCUT2D eigenvalue weighted by Crippen LogP contribution is 2.39. The molecule has 3 heteroatoms. The summed E-state index contributed by atoms with van der Waals surface area (Å²) < 4.78 is 10.9. The van der Waals surface area contributed by atoms with Crippen LogP contribution in [0.25, 0.3) is 6.08 Å². The summed E-state index contributed by atoms with van der Waals surface area (Å²) in [4.78, 5) is 12.1. The Morgan fingerprint density at radius 3 is 2.11 bits per heavy atom. The molecule has 0 bridgehead atoms. The van der Waals surface area contributed by atoms with Gasteiger partial charge in [0.25, 0.3) is 0 Å². The smallest absolute Gasteiger partial charge is 0.147 e. The normalized spacial score (nSPS) is 12.3. The molecule has 0 aliphatic carbocycles. The Labute approximate surface area is 159 Å². The van der Waals surface area contributed by atoms with Crippen LogP contribution in [-0.4, -0.2) is 20.5 Å². The molecule has 0 aromatic heterocycles. The van der Waals surface area contributed by atoms with Gasteiger partial charge in [0.15, 0.2) is 0 Å². The summed E-state index contributed by atoms with van der Waals surface area (Å²) >= 11 is 0. The van der Waals surface area contributed by atoms with Crippen LogP contribution in [0, 0.1) is 0 Å². The topological polar surface area (TPSA) is 35.5 Å². The fourth-order valence-corrected chi connectivity index (χ4v) is 3.18. The predicted octanol–water partition coefficient (Wildman–Crippen LogP) is 5.12. The number of carbonyl (C=O) groups is 1. The molecule has 0 fully saturated rings. The van der Waals surface area contributed by atoms with Gasteiger partial charge in [0, 0.05) is 23.1 Å². The van der Waals surface area contributed by atoms with E-state index in [0.717, 1.165) is 23.0 Å². The highest BCUT2D eigenvalue weighted by molar-refractivity contribution is 5.85. The Morgan fingerprint density at radius 2 is 1.52 bits per heavy atom. The minimum Gasteiger partial charge on any atom is -0.497 e. The lowest BCUT2D eigenvalue weighted by Crippen LogP contribution is -2.08. The summed E-state index contributed by atoms with van der Waals surface area (Å²) in [5, 5.41) is 0. The molecule has 0 saturated carbocycles. The highest BCUT2D eigenvalue weighted by atomic mass is 16.5. The van der Waals surface area contributed by atoms with Crippen molar-refractivity contribution in [3.63, 3.8) is 0 Å². The van der Waals surface area contributed by atoms with Gasteiger partial charge in [0.1, 0.15) is 17.8 Å². The van der Waals surface area contributed by atoms with E-state index in [-0.39, 0.29) is 5.92 Å². The van der Waals surface area contributed by atoms with Gasteiger partial charge in [0.05, 0.1) is 14.2 Å². The molecular formula is C24H22O3. The number of methoxy groups -OCH3 is 2. The van der Waals surface area contributed by atoms with Gasteiger partial charge in [-0.2, -0.15) is 0 Å². The van der Waals surface area contributed by atoms with Crippen LogP contribution in [0.2, 0.25) is 0 Å². The number of rotatable bonds is 7. The van der Waals surface area contributed by atoms with E-state index < -0.39 is 0 Å². The Hall–Kier alpha value is -3.33. The van der Waals surface area contributed by atoms with Crippen LogP contribution in [0.3, 0.4) is 0 Å². The first-order chi connectivity index (χ1) is 13.3. The van der Waals surface area contributed by atoms with Gasteiger partial charge in [-0.1, -0.05) is 66.7 Å². The molecular weight excluding hydrogens is 336 g/mol. The lowest BCUT2D eigenvalue weighted by Gasteiger charge is -2.21. The Bertz CT molecular complexity index is 915. The molecule has 0 aliphatic heterocycles. The van der Waals surface area contributed by atoms with Crippen LogP contribution >= 0.6 is 0 Å². The molecule has 3 aromatic rings. The molecule has 0 amide bonds. The van der Waals surface area contributed by atoms with Gasteiger partial charge < -0.3 is 9.47 Å². The van der Waals surface area contributed by atoms with E-state index in [0.29, 0.717) is 17.1 Å². The van der Waals surface area contributed by atoms with Crippen LogP contribution in [0.5, 0.6) is 11.5 Å². The summed E-state index contributed by atoms with van der Waals surface area (Å²) in [7, 11) is 3.25. The fraction of sp³-hybridized carbons (Fsp3) is 0.125. The summed E-state index contributed by atoms with van der Waals surface area (Å²) in [5.74, 6) is 1.15. The number of benzene rings is 3. The Morgan fingerprint density at radius 1 is 0.852 bits per heavy atom. The Balaban J connectivity index is 2.18. The molecule has 0 heterocycles. The first-order valence-corrected chi connectivity index (χ1v) is 8.75. The van der Waals surface area contributed by atoms with E-state index >= 15 is 0 Å². The number of aldehydes is 1. The third-order valence-corrected chi connectivity index (χ3v) is 4.49. The molecule has 0 saturated heterocycles. The van der Waals surface area contributed by atoms with Crippen LogP contribution in [-0.2, 0) is 4.79 Å². The first kappa shape index (κ1) is 18.5. The third-order valence-electron chi connectivity index (χ3n) is 4.49. The lowest BCUT2D eigenvalue weighted by atomic mass is 9.84. The molecule has 0 N–H and O–H groups in total. The average molecular weight is 358 g/mol. The highest BCUT2D eigenvalue weighted by Gasteiger charge is 2.23. The minimum absolute atomic E-state index is 0.246. The van der Waals surface area contributed by atoms with Gasteiger partial charge in [0.2, 0.25) is 0 Å². The zero-order valence-electron chi connectivity index (χ0n) is 15.5. The summed E-state index contributed by atoms with van der Waals surface area (Å²) in [6.45, 7) is 0. The van der Waals surface area contributed by atoms with E-state index in [1.54, 1.807) is 14.2 Å². The average Bonchev–Trinajstić information content (AvgIpc) is 2.74. The number of carbonyl (C=O) groups excluding carboxylic acids is 1. The van der Waals surface area contributed by atoms with Crippen LogP contribution < -0.4 is 9.47 Å². The maximum atomic E-state index is 12.1.